The van der Waals surface area contributed by atoms with Crippen LogP contribution in [0.15, 0.2) is 36.5 Å². The second-order valence-electron chi connectivity index (χ2n) is 7.14. The molecule has 2 aliphatic rings. The summed E-state index contributed by atoms with van der Waals surface area (Å²) in [5.74, 6) is 0.882. The van der Waals surface area contributed by atoms with Gasteiger partial charge < -0.3 is 4.90 Å². The summed E-state index contributed by atoms with van der Waals surface area (Å²) in [6.45, 7) is 2.89. The van der Waals surface area contributed by atoms with Crippen LogP contribution < -0.4 is 0 Å². The largest absolute Gasteiger partial charge is 0.335 e. The highest BCUT2D eigenvalue weighted by molar-refractivity contribution is 5.95. The van der Waals surface area contributed by atoms with Crippen molar-refractivity contribution >= 4 is 5.91 Å². The molecule has 2 aromatic rings. The van der Waals surface area contributed by atoms with Gasteiger partial charge in [0, 0.05) is 12.6 Å². The Morgan fingerprint density at radius 2 is 1.83 bits per heavy atom. The average Bonchev–Trinajstić information content (AvgIpc) is 3.03. The van der Waals surface area contributed by atoms with E-state index in [-0.39, 0.29) is 5.91 Å². The van der Waals surface area contributed by atoms with E-state index in [1.807, 2.05) is 41.9 Å². The third kappa shape index (κ3) is 2.64. The number of hydrogen-bond acceptors (Lipinski definition) is 2. The quantitative estimate of drug-likeness (QED) is 0.838. The van der Waals surface area contributed by atoms with Gasteiger partial charge in [-0.05, 0) is 50.7 Å². The zero-order valence-electron chi connectivity index (χ0n) is 14.3. The number of benzene rings is 1. The highest BCUT2D eigenvalue weighted by Crippen LogP contribution is 2.36. The molecule has 1 aliphatic heterocycles. The Morgan fingerprint density at radius 3 is 2.67 bits per heavy atom. The van der Waals surface area contributed by atoms with E-state index >= 15 is 0 Å². The number of carbonyl (C=O) groups excluding carboxylic acids is 1. The lowest BCUT2D eigenvalue weighted by atomic mass is 9.78. The summed E-state index contributed by atoms with van der Waals surface area (Å²) in [6, 6.07) is 10.5. The van der Waals surface area contributed by atoms with Crippen molar-refractivity contribution in [1.82, 2.24) is 14.7 Å². The minimum absolute atomic E-state index is 0.172. The fraction of sp³-hybridized carbons (Fsp3) is 0.500. The molecule has 1 aliphatic carbocycles. The zero-order valence-corrected chi connectivity index (χ0v) is 14.3. The first-order chi connectivity index (χ1) is 11.8. The lowest BCUT2D eigenvalue weighted by Crippen LogP contribution is -2.49. The number of nitrogens with zero attached hydrogens (tertiary/aromatic N) is 3. The molecule has 24 heavy (non-hydrogen) atoms. The van der Waals surface area contributed by atoms with Crippen molar-refractivity contribution in [3.05, 3.63) is 47.8 Å². The fourth-order valence-electron chi connectivity index (χ4n) is 4.48. The Labute approximate surface area is 143 Å². The van der Waals surface area contributed by atoms with Gasteiger partial charge in [-0.1, -0.05) is 31.0 Å². The lowest BCUT2D eigenvalue weighted by Gasteiger charge is -2.44. The van der Waals surface area contributed by atoms with Crippen molar-refractivity contribution in [2.24, 2.45) is 5.92 Å². The van der Waals surface area contributed by atoms with Crippen LogP contribution in [0.1, 0.15) is 54.6 Å². The van der Waals surface area contributed by atoms with Gasteiger partial charge in [0.2, 0.25) is 0 Å². The van der Waals surface area contributed by atoms with Crippen LogP contribution in [0.4, 0.5) is 0 Å². The van der Waals surface area contributed by atoms with Crippen LogP contribution in [0.25, 0.3) is 5.69 Å². The van der Waals surface area contributed by atoms with E-state index in [0.29, 0.717) is 12.0 Å². The predicted octanol–water partition coefficient (Wildman–Crippen LogP) is 3.98. The molecule has 0 bridgehead atoms. The second-order valence-corrected chi connectivity index (χ2v) is 7.14. The molecule has 4 nitrogen and oxygen atoms in total. The molecule has 1 aromatic carbocycles. The summed E-state index contributed by atoms with van der Waals surface area (Å²) >= 11 is 0. The highest BCUT2D eigenvalue weighted by Gasteiger charge is 2.36. The third-order valence-electron chi connectivity index (χ3n) is 5.75. The van der Waals surface area contributed by atoms with Crippen LogP contribution in [-0.4, -0.2) is 33.2 Å². The number of hydrogen-bond donors (Lipinski definition) is 0. The summed E-state index contributed by atoms with van der Waals surface area (Å²) in [6.07, 6.45) is 9.22. The van der Waals surface area contributed by atoms with E-state index in [0.717, 1.165) is 29.9 Å². The topological polar surface area (TPSA) is 38.1 Å². The first-order valence-electron chi connectivity index (χ1n) is 9.17. The smallest absolute Gasteiger partial charge is 0.257 e. The average molecular weight is 323 g/mol. The molecule has 1 saturated heterocycles. The zero-order chi connectivity index (χ0) is 16.5. The van der Waals surface area contributed by atoms with Gasteiger partial charge >= 0.3 is 0 Å². The van der Waals surface area contributed by atoms with Crippen LogP contribution in [0.5, 0.6) is 0 Å². The predicted molar refractivity (Wildman–Crippen MR) is 94.3 cm³/mol. The maximum absolute atomic E-state index is 13.2. The molecule has 1 amide bonds. The van der Waals surface area contributed by atoms with E-state index in [9.17, 15) is 4.79 Å². The van der Waals surface area contributed by atoms with Gasteiger partial charge in [0.05, 0.1) is 23.1 Å². The summed E-state index contributed by atoms with van der Waals surface area (Å²) in [5, 5.41) is 4.48. The number of carbonyl (C=O) groups is 1. The first kappa shape index (κ1) is 15.4. The van der Waals surface area contributed by atoms with Crippen LogP contribution in [-0.2, 0) is 0 Å². The Hall–Kier alpha value is -2.10. The maximum Gasteiger partial charge on any atom is 0.257 e. The Balaban J connectivity index is 1.62. The molecule has 4 rings (SSSR count). The van der Waals surface area contributed by atoms with Crippen molar-refractivity contribution in [3.8, 4) is 5.69 Å². The number of piperidine rings is 1. The number of likely N-dealkylation sites (tertiary alicyclic amines) is 1. The molecule has 2 unspecified atom stereocenters. The monoisotopic (exact) mass is 323 g/mol. The van der Waals surface area contributed by atoms with Crippen LogP contribution in [0.3, 0.4) is 0 Å². The molecule has 2 heterocycles. The molecule has 4 heteroatoms. The van der Waals surface area contributed by atoms with E-state index in [1.54, 1.807) is 6.20 Å². The van der Waals surface area contributed by atoms with E-state index in [4.69, 9.17) is 0 Å². The molecule has 0 N–H and O–H groups in total. The summed E-state index contributed by atoms with van der Waals surface area (Å²) < 4.78 is 1.87. The minimum Gasteiger partial charge on any atom is -0.335 e. The normalized spacial score (nSPS) is 23.8. The van der Waals surface area contributed by atoms with Crippen molar-refractivity contribution < 1.29 is 4.79 Å². The third-order valence-corrected chi connectivity index (χ3v) is 5.75. The number of aromatic nitrogens is 2. The molecule has 2 atom stereocenters. The Morgan fingerprint density at radius 1 is 1.08 bits per heavy atom. The minimum atomic E-state index is 0.172. The van der Waals surface area contributed by atoms with Crippen molar-refractivity contribution in [2.45, 2.75) is 51.5 Å². The van der Waals surface area contributed by atoms with Gasteiger partial charge in [-0.25, -0.2) is 4.68 Å². The van der Waals surface area contributed by atoms with Gasteiger partial charge in [0.1, 0.15) is 0 Å². The van der Waals surface area contributed by atoms with Crippen molar-refractivity contribution in [2.75, 3.05) is 6.54 Å². The molecule has 0 spiro atoms. The standard InChI is InChI=1S/C20H25N3O/c1-15-18(14-21-23(15)17-10-3-2-4-11-17)20(24)22-13-7-9-16-8-5-6-12-19(16)22/h2-4,10-11,14,16,19H,5-9,12-13H2,1H3. The van der Waals surface area contributed by atoms with Crippen LogP contribution in [0, 0.1) is 12.8 Å². The van der Waals surface area contributed by atoms with E-state index in [1.165, 1.54) is 32.1 Å². The number of amides is 1. The number of fused-ring (bicyclic) bond motifs is 1. The Kier molecular flexibility index (Phi) is 4.13. The molecule has 126 valence electrons. The molecule has 1 aromatic heterocycles. The van der Waals surface area contributed by atoms with Gasteiger partial charge in [0.15, 0.2) is 0 Å². The molecule has 2 fully saturated rings. The van der Waals surface area contributed by atoms with Crippen LogP contribution in [0.2, 0.25) is 0 Å². The number of rotatable bonds is 2. The van der Waals surface area contributed by atoms with E-state index in [2.05, 4.69) is 10.00 Å². The molecular weight excluding hydrogens is 298 g/mol. The van der Waals surface area contributed by atoms with Gasteiger partial charge in [-0.2, -0.15) is 5.10 Å². The maximum atomic E-state index is 13.2. The fourth-order valence-corrected chi connectivity index (χ4v) is 4.48. The van der Waals surface area contributed by atoms with Crippen molar-refractivity contribution in [1.29, 1.82) is 0 Å². The molecule has 1 saturated carbocycles. The summed E-state index contributed by atoms with van der Waals surface area (Å²) in [4.78, 5) is 15.3. The van der Waals surface area contributed by atoms with Gasteiger partial charge in [-0.3, -0.25) is 4.79 Å². The highest BCUT2D eigenvalue weighted by atomic mass is 16.2. The van der Waals surface area contributed by atoms with Crippen LogP contribution >= 0.6 is 0 Å². The molecule has 0 radical (unpaired) electrons. The lowest BCUT2D eigenvalue weighted by molar-refractivity contribution is 0.0390. The second kappa shape index (κ2) is 6.42. The van der Waals surface area contributed by atoms with E-state index < -0.39 is 0 Å². The van der Waals surface area contributed by atoms with Gasteiger partial charge in [0.25, 0.3) is 5.91 Å². The summed E-state index contributed by atoms with van der Waals surface area (Å²) in [5.41, 5.74) is 2.69. The SMILES string of the molecule is Cc1c(C(=O)N2CCCC3CCCCC32)cnn1-c1ccccc1. The number of para-hydroxylation sites is 1. The summed E-state index contributed by atoms with van der Waals surface area (Å²) in [7, 11) is 0. The van der Waals surface area contributed by atoms with Crippen molar-refractivity contribution in [3.63, 3.8) is 0 Å². The molecular formula is C20H25N3O. The first-order valence-corrected chi connectivity index (χ1v) is 9.17. The van der Waals surface area contributed by atoms with Gasteiger partial charge in [-0.15, -0.1) is 0 Å². The Bertz CT molecular complexity index is 720.